The molecule has 8 nitrogen and oxygen atoms in total. The molecule has 1 aromatic carbocycles. The molecule has 0 aliphatic heterocycles. The zero-order valence-electron chi connectivity index (χ0n) is 14.4. The molecule has 0 unspecified atom stereocenters. The minimum absolute atomic E-state index is 0.0161. The second kappa shape index (κ2) is 7.04. The number of anilines is 2. The van der Waals surface area contributed by atoms with E-state index in [1.54, 1.807) is 19.9 Å². The Morgan fingerprint density at radius 3 is 2.81 bits per heavy atom. The molecule has 0 atom stereocenters. The Kier molecular flexibility index (Phi) is 4.81. The number of aromatic nitrogens is 2. The number of hydrogen-bond donors (Lipinski definition) is 1. The maximum atomic E-state index is 12.1. The number of fused-ring (bicyclic) bond motifs is 1. The van der Waals surface area contributed by atoms with Crippen molar-refractivity contribution in [2.24, 2.45) is 0 Å². The lowest BCUT2D eigenvalue weighted by atomic mass is 10.1. The van der Waals surface area contributed by atoms with E-state index in [0.29, 0.717) is 26.6 Å². The van der Waals surface area contributed by atoms with E-state index < -0.39 is 10.9 Å². The van der Waals surface area contributed by atoms with Gasteiger partial charge in [-0.1, -0.05) is 6.07 Å². The first-order valence-corrected chi connectivity index (χ1v) is 8.67. The Morgan fingerprint density at radius 1 is 1.35 bits per heavy atom. The SMILES string of the molecule is CCOC(=O)c1sc2ncnc(Nc3cc([N+](=O)[O-])ccc3C)c2c1C. The second-order valence-corrected chi connectivity index (χ2v) is 6.56. The van der Waals surface area contributed by atoms with Crippen LogP contribution in [-0.4, -0.2) is 27.5 Å². The van der Waals surface area contributed by atoms with Gasteiger partial charge in [0.25, 0.3) is 5.69 Å². The minimum atomic E-state index is -0.450. The van der Waals surface area contributed by atoms with E-state index in [1.807, 2.05) is 6.92 Å². The summed E-state index contributed by atoms with van der Waals surface area (Å²) < 4.78 is 5.09. The number of aryl methyl sites for hydroxylation is 2. The quantitative estimate of drug-likeness (QED) is 0.407. The van der Waals surface area contributed by atoms with Crippen LogP contribution >= 0.6 is 11.3 Å². The summed E-state index contributed by atoms with van der Waals surface area (Å²) in [5.41, 5.74) is 2.11. The number of esters is 1. The fourth-order valence-electron chi connectivity index (χ4n) is 2.54. The minimum Gasteiger partial charge on any atom is -0.462 e. The average Bonchev–Trinajstić information content (AvgIpc) is 2.95. The number of carbonyl (C=O) groups excluding carboxylic acids is 1. The van der Waals surface area contributed by atoms with Gasteiger partial charge in [-0.3, -0.25) is 10.1 Å². The van der Waals surface area contributed by atoms with Gasteiger partial charge < -0.3 is 10.1 Å². The Hall–Kier alpha value is -3.07. The molecular weight excluding hydrogens is 356 g/mol. The summed E-state index contributed by atoms with van der Waals surface area (Å²) in [5.74, 6) is 0.0911. The Morgan fingerprint density at radius 2 is 2.12 bits per heavy atom. The number of carbonyl (C=O) groups is 1. The van der Waals surface area contributed by atoms with Crippen molar-refractivity contribution in [2.75, 3.05) is 11.9 Å². The molecule has 1 N–H and O–H groups in total. The van der Waals surface area contributed by atoms with Gasteiger partial charge in [0, 0.05) is 17.8 Å². The molecule has 3 aromatic rings. The largest absolute Gasteiger partial charge is 0.462 e. The molecule has 0 amide bonds. The highest BCUT2D eigenvalue weighted by Crippen LogP contribution is 2.35. The Labute approximate surface area is 153 Å². The van der Waals surface area contributed by atoms with E-state index >= 15 is 0 Å². The first-order valence-electron chi connectivity index (χ1n) is 7.85. The van der Waals surface area contributed by atoms with E-state index in [4.69, 9.17) is 4.74 Å². The van der Waals surface area contributed by atoms with Crippen LogP contribution in [0.4, 0.5) is 17.2 Å². The number of non-ortho nitro benzene ring substituents is 1. The number of thiophene rings is 1. The molecular formula is C17H16N4O4S. The summed E-state index contributed by atoms with van der Waals surface area (Å²) >= 11 is 1.24. The van der Waals surface area contributed by atoms with Gasteiger partial charge >= 0.3 is 5.97 Å². The molecule has 0 saturated carbocycles. The number of ether oxygens (including phenoxy) is 1. The molecule has 0 radical (unpaired) electrons. The van der Waals surface area contributed by atoms with Crippen molar-refractivity contribution < 1.29 is 14.5 Å². The standard InChI is InChI=1S/C17H16N4O4S/c1-4-25-17(22)14-10(3)13-15(18-8-19-16(13)26-14)20-12-7-11(21(23)24)6-5-9(12)2/h5-8H,4H2,1-3H3,(H,18,19,20). The molecule has 3 rings (SSSR count). The zero-order chi connectivity index (χ0) is 18.8. The topological polar surface area (TPSA) is 107 Å². The van der Waals surface area contributed by atoms with Gasteiger partial charge in [-0.25, -0.2) is 14.8 Å². The number of benzene rings is 1. The number of nitrogens with zero attached hydrogens (tertiary/aromatic N) is 3. The highest BCUT2D eigenvalue weighted by atomic mass is 32.1. The summed E-state index contributed by atoms with van der Waals surface area (Å²) in [5, 5.41) is 14.9. The van der Waals surface area contributed by atoms with Gasteiger partial charge in [0.15, 0.2) is 0 Å². The second-order valence-electron chi connectivity index (χ2n) is 5.56. The van der Waals surface area contributed by atoms with Crippen LogP contribution in [0.2, 0.25) is 0 Å². The molecule has 2 aromatic heterocycles. The van der Waals surface area contributed by atoms with Crippen LogP contribution in [0.3, 0.4) is 0 Å². The molecule has 134 valence electrons. The molecule has 0 aliphatic carbocycles. The van der Waals surface area contributed by atoms with Gasteiger partial charge in [0.2, 0.25) is 0 Å². The van der Waals surface area contributed by atoms with Crippen molar-refractivity contribution in [3.05, 3.63) is 50.6 Å². The van der Waals surface area contributed by atoms with Crippen molar-refractivity contribution in [1.29, 1.82) is 0 Å². The first-order chi connectivity index (χ1) is 12.4. The van der Waals surface area contributed by atoms with Crippen molar-refractivity contribution in [2.45, 2.75) is 20.8 Å². The van der Waals surface area contributed by atoms with Gasteiger partial charge in [-0.05, 0) is 31.9 Å². The zero-order valence-corrected chi connectivity index (χ0v) is 15.2. The molecule has 0 saturated heterocycles. The first kappa shape index (κ1) is 17.7. The Bertz CT molecular complexity index is 1020. The van der Waals surface area contributed by atoms with Gasteiger partial charge in [-0.15, -0.1) is 11.3 Å². The van der Waals surface area contributed by atoms with E-state index in [1.165, 1.54) is 29.8 Å². The lowest BCUT2D eigenvalue weighted by Gasteiger charge is -2.10. The summed E-state index contributed by atoms with van der Waals surface area (Å²) in [6.45, 7) is 5.68. The van der Waals surface area contributed by atoms with Crippen LogP contribution < -0.4 is 5.32 Å². The molecule has 0 fully saturated rings. The van der Waals surface area contributed by atoms with Crippen LogP contribution in [-0.2, 0) is 4.74 Å². The highest BCUT2D eigenvalue weighted by molar-refractivity contribution is 7.20. The smallest absolute Gasteiger partial charge is 0.348 e. The van der Waals surface area contributed by atoms with E-state index in [-0.39, 0.29) is 12.3 Å². The van der Waals surface area contributed by atoms with E-state index in [0.717, 1.165) is 11.1 Å². The van der Waals surface area contributed by atoms with E-state index in [2.05, 4.69) is 15.3 Å². The average molecular weight is 372 g/mol. The molecule has 2 heterocycles. The predicted octanol–water partition coefficient (Wildman–Crippen LogP) is 4.14. The number of rotatable bonds is 5. The molecule has 0 bridgehead atoms. The van der Waals surface area contributed by atoms with E-state index in [9.17, 15) is 14.9 Å². The highest BCUT2D eigenvalue weighted by Gasteiger charge is 2.20. The summed E-state index contributed by atoms with van der Waals surface area (Å²) in [6.07, 6.45) is 1.39. The number of nitro groups is 1. The fraction of sp³-hybridized carbons (Fsp3) is 0.235. The molecule has 9 heteroatoms. The van der Waals surface area contributed by atoms with Crippen molar-refractivity contribution in [3.8, 4) is 0 Å². The number of hydrogen-bond acceptors (Lipinski definition) is 8. The summed E-state index contributed by atoms with van der Waals surface area (Å²) in [7, 11) is 0. The van der Waals surface area contributed by atoms with Crippen molar-refractivity contribution in [3.63, 3.8) is 0 Å². The van der Waals surface area contributed by atoms with Gasteiger partial charge in [0.1, 0.15) is 21.9 Å². The Balaban J connectivity index is 2.08. The monoisotopic (exact) mass is 372 g/mol. The third-order valence-corrected chi connectivity index (χ3v) is 5.05. The predicted molar refractivity (Wildman–Crippen MR) is 99.2 cm³/mol. The lowest BCUT2D eigenvalue weighted by molar-refractivity contribution is -0.384. The third kappa shape index (κ3) is 3.21. The van der Waals surface area contributed by atoms with Crippen LogP contribution in [0, 0.1) is 24.0 Å². The van der Waals surface area contributed by atoms with Crippen LogP contribution in [0.1, 0.15) is 27.7 Å². The van der Waals surface area contributed by atoms with Gasteiger partial charge in [-0.2, -0.15) is 0 Å². The lowest BCUT2D eigenvalue weighted by Crippen LogP contribution is -2.04. The normalized spacial score (nSPS) is 10.7. The maximum absolute atomic E-state index is 12.1. The van der Waals surface area contributed by atoms with Crippen LogP contribution in [0.25, 0.3) is 10.2 Å². The van der Waals surface area contributed by atoms with Crippen molar-refractivity contribution in [1.82, 2.24) is 9.97 Å². The summed E-state index contributed by atoms with van der Waals surface area (Å²) in [6, 6.07) is 4.57. The summed E-state index contributed by atoms with van der Waals surface area (Å²) in [4.78, 5) is 32.3. The van der Waals surface area contributed by atoms with Crippen LogP contribution in [0.5, 0.6) is 0 Å². The van der Waals surface area contributed by atoms with Crippen molar-refractivity contribution >= 4 is 44.7 Å². The number of nitro benzene ring substituents is 1. The maximum Gasteiger partial charge on any atom is 0.348 e. The molecule has 0 aliphatic rings. The molecule has 26 heavy (non-hydrogen) atoms. The molecule has 0 spiro atoms. The number of nitrogens with one attached hydrogen (secondary N) is 1. The third-order valence-electron chi connectivity index (χ3n) is 3.87. The van der Waals surface area contributed by atoms with Gasteiger partial charge in [0.05, 0.1) is 16.9 Å². The fourth-order valence-corrected chi connectivity index (χ4v) is 3.59. The van der Waals surface area contributed by atoms with Crippen LogP contribution in [0.15, 0.2) is 24.5 Å².